The highest BCUT2D eigenvalue weighted by Crippen LogP contribution is 1.53. The zero-order chi connectivity index (χ0) is 6.99. The number of rotatable bonds is 0. The maximum atomic E-state index is 9.03. The first-order valence-electron chi connectivity index (χ1n) is 2.01. The van der Waals surface area contributed by atoms with Gasteiger partial charge in [-0.25, -0.2) is 0 Å². The van der Waals surface area contributed by atoms with Gasteiger partial charge in [0, 0.05) is 7.11 Å². The number of carboxylic acid groups (broad SMARTS) is 1. The number of hydrogen-bond acceptors (Lipinski definition) is 3. The summed E-state index contributed by atoms with van der Waals surface area (Å²) in [5, 5.41) is 9.03. The predicted molar refractivity (Wildman–Crippen MR) is 28.3 cm³/mol. The lowest BCUT2D eigenvalue weighted by atomic mass is 10.8. The second-order valence-corrected chi connectivity index (χ2v) is 0.862. The molecule has 0 rings (SSSR count). The minimum atomic E-state index is -1.50. The Morgan fingerprint density at radius 3 is 2.00 bits per heavy atom. The Kier molecular flexibility index (Phi) is 11.8. The van der Waals surface area contributed by atoms with Crippen LogP contribution in [-0.2, 0) is 4.74 Å². The third-order valence-corrected chi connectivity index (χ3v) is 0.167. The fraction of sp³-hybridized carbons (Fsp3) is 0.400. The van der Waals surface area contributed by atoms with E-state index in [4.69, 9.17) is 9.90 Å². The van der Waals surface area contributed by atoms with Crippen LogP contribution in [0, 0.1) is 0 Å². The molecule has 0 aliphatic heterocycles. The van der Waals surface area contributed by atoms with Crippen LogP contribution in [0.25, 0.3) is 0 Å². The Balaban J connectivity index is 0. The molecule has 0 atom stereocenters. The topological polar surface area (TPSA) is 49.4 Å². The molecule has 0 radical (unpaired) electrons. The normalized spacial score (nSPS) is 5.75. The molecule has 0 fully saturated rings. The number of carbonyl (C=O) groups excluding carboxylic acids is 1. The standard InChI is InChI=1S/C3H6.C2H4O3/c1-3-2;1-5-2(3)4/h3H,1H2,2H3;1H3,(H,3,4)/p-1. The molecule has 0 aromatic carbocycles. The summed E-state index contributed by atoms with van der Waals surface area (Å²) in [6.07, 6.45) is 0.255. The molecule has 0 saturated heterocycles. The van der Waals surface area contributed by atoms with E-state index in [1.807, 2.05) is 6.92 Å². The summed E-state index contributed by atoms with van der Waals surface area (Å²) < 4.78 is 3.56. The Labute approximate surface area is 48.6 Å². The van der Waals surface area contributed by atoms with Gasteiger partial charge < -0.3 is 14.6 Å². The highest BCUT2D eigenvalue weighted by molar-refractivity contribution is 5.53. The van der Waals surface area contributed by atoms with Gasteiger partial charge in [-0.2, -0.15) is 0 Å². The van der Waals surface area contributed by atoms with Crippen molar-refractivity contribution >= 4 is 6.16 Å². The van der Waals surface area contributed by atoms with Crippen LogP contribution < -0.4 is 5.11 Å². The molecule has 0 bridgehead atoms. The van der Waals surface area contributed by atoms with Gasteiger partial charge in [-0.3, -0.25) is 0 Å². The number of hydrogen-bond donors (Lipinski definition) is 0. The van der Waals surface area contributed by atoms with Gasteiger partial charge >= 0.3 is 0 Å². The second kappa shape index (κ2) is 9.38. The molecule has 0 N–H and O–H groups in total. The van der Waals surface area contributed by atoms with Crippen molar-refractivity contribution in [3.8, 4) is 0 Å². The predicted octanol–water partition coefficient (Wildman–Crippen LogP) is 0.168. The van der Waals surface area contributed by atoms with E-state index in [0.29, 0.717) is 0 Å². The summed E-state index contributed by atoms with van der Waals surface area (Å²) in [6.45, 7) is 5.25. The maximum Gasteiger partial charge on any atom is 0.251 e. The molecule has 0 amide bonds. The fourth-order valence-corrected chi connectivity index (χ4v) is 0. The molecule has 3 nitrogen and oxygen atoms in total. The molecule has 0 aliphatic carbocycles. The lowest BCUT2D eigenvalue weighted by Gasteiger charge is -1.92. The first kappa shape index (κ1) is 10.1. The Bertz CT molecular complexity index is 68.1. The van der Waals surface area contributed by atoms with Crippen LogP contribution in [0.1, 0.15) is 6.92 Å². The van der Waals surface area contributed by atoms with Crippen LogP contribution in [0.15, 0.2) is 12.7 Å². The van der Waals surface area contributed by atoms with Crippen molar-refractivity contribution in [3.63, 3.8) is 0 Å². The van der Waals surface area contributed by atoms with Crippen LogP contribution in [0.3, 0.4) is 0 Å². The van der Waals surface area contributed by atoms with Gasteiger partial charge in [0.15, 0.2) is 0 Å². The third-order valence-electron chi connectivity index (χ3n) is 0.167. The van der Waals surface area contributed by atoms with Crippen LogP contribution in [-0.4, -0.2) is 13.3 Å². The molecule has 0 spiro atoms. The zero-order valence-electron chi connectivity index (χ0n) is 5.01. The van der Waals surface area contributed by atoms with E-state index < -0.39 is 6.16 Å². The van der Waals surface area contributed by atoms with E-state index in [-0.39, 0.29) is 0 Å². The van der Waals surface area contributed by atoms with Crippen molar-refractivity contribution in [1.82, 2.24) is 0 Å². The first-order valence-corrected chi connectivity index (χ1v) is 2.01. The highest BCUT2D eigenvalue weighted by atomic mass is 16.6. The van der Waals surface area contributed by atoms with Gasteiger partial charge in [0.1, 0.15) is 0 Å². The highest BCUT2D eigenvalue weighted by Gasteiger charge is 1.63. The average molecular weight is 117 g/mol. The number of carbonyl (C=O) groups is 1. The van der Waals surface area contributed by atoms with E-state index in [1.54, 1.807) is 6.08 Å². The lowest BCUT2D eigenvalue weighted by Crippen LogP contribution is -2.21. The van der Waals surface area contributed by atoms with Crippen molar-refractivity contribution in [2.75, 3.05) is 7.11 Å². The average Bonchev–Trinajstić information content (AvgIpc) is 1.69. The van der Waals surface area contributed by atoms with Crippen molar-refractivity contribution in [2.45, 2.75) is 6.92 Å². The Morgan fingerprint density at radius 2 is 2.00 bits per heavy atom. The SMILES string of the molecule is C=CC.COC(=O)[O-]. The van der Waals surface area contributed by atoms with Crippen molar-refractivity contribution < 1.29 is 14.6 Å². The largest absolute Gasteiger partial charge is 0.553 e. The van der Waals surface area contributed by atoms with E-state index in [0.717, 1.165) is 7.11 Å². The molecule has 48 valence electrons. The van der Waals surface area contributed by atoms with E-state index in [2.05, 4.69) is 11.3 Å². The summed E-state index contributed by atoms with van der Waals surface area (Å²) in [6, 6.07) is 0. The molecule has 8 heavy (non-hydrogen) atoms. The summed E-state index contributed by atoms with van der Waals surface area (Å²) >= 11 is 0. The van der Waals surface area contributed by atoms with Crippen LogP contribution in [0.5, 0.6) is 0 Å². The van der Waals surface area contributed by atoms with Crippen molar-refractivity contribution in [3.05, 3.63) is 12.7 Å². The van der Waals surface area contributed by atoms with E-state index in [1.165, 1.54) is 0 Å². The zero-order valence-corrected chi connectivity index (χ0v) is 5.01. The Morgan fingerprint density at radius 1 is 1.88 bits per heavy atom. The summed E-state index contributed by atoms with van der Waals surface area (Å²) in [5.41, 5.74) is 0. The van der Waals surface area contributed by atoms with E-state index >= 15 is 0 Å². The van der Waals surface area contributed by atoms with E-state index in [9.17, 15) is 0 Å². The first-order chi connectivity index (χ1) is 3.68. The van der Waals surface area contributed by atoms with Gasteiger partial charge in [0.05, 0.1) is 0 Å². The minimum Gasteiger partial charge on any atom is -0.553 e. The summed E-state index contributed by atoms with van der Waals surface area (Å²) in [5.74, 6) is 0. The quantitative estimate of drug-likeness (QED) is 0.335. The summed E-state index contributed by atoms with van der Waals surface area (Å²) in [7, 11) is 1.04. The van der Waals surface area contributed by atoms with Gasteiger partial charge in [0.25, 0.3) is 6.16 Å². The van der Waals surface area contributed by atoms with Crippen molar-refractivity contribution in [1.29, 1.82) is 0 Å². The molecule has 0 aromatic heterocycles. The fourth-order valence-electron chi connectivity index (χ4n) is 0. The molecule has 0 heterocycles. The second-order valence-electron chi connectivity index (χ2n) is 0.862. The summed E-state index contributed by atoms with van der Waals surface area (Å²) in [4.78, 5) is 9.03. The van der Waals surface area contributed by atoms with Gasteiger partial charge in [-0.05, 0) is 6.92 Å². The molecule has 0 aromatic rings. The van der Waals surface area contributed by atoms with Crippen LogP contribution in [0.4, 0.5) is 4.79 Å². The minimum absolute atomic E-state index is 1.04. The smallest absolute Gasteiger partial charge is 0.251 e. The van der Waals surface area contributed by atoms with Gasteiger partial charge in [-0.1, -0.05) is 6.08 Å². The van der Waals surface area contributed by atoms with Crippen molar-refractivity contribution in [2.24, 2.45) is 0 Å². The molecular weight excluding hydrogens is 108 g/mol. The van der Waals surface area contributed by atoms with Crippen LogP contribution >= 0.6 is 0 Å². The van der Waals surface area contributed by atoms with Gasteiger partial charge in [-0.15, -0.1) is 6.58 Å². The molecule has 0 aliphatic rings. The molecule has 0 unspecified atom stereocenters. The van der Waals surface area contributed by atoms with Crippen LogP contribution in [0.2, 0.25) is 0 Å². The number of allylic oxidation sites excluding steroid dienone is 1. The number of methoxy groups -OCH3 is 1. The number of ether oxygens (including phenoxy) is 1. The molecular formula is C5H9O3-. The third kappa shape index (κ3) is 79.0. The monoisotopic (exact) mass is 117 g/mol. The molecule has 3 heteroatoms. The Hall–Kier alpha value is -0.990. The van der Waals surface area contributed by atoms with Gasteiger partial charge in [0.2, 0.25) is 0 Å². The lowest BCUT2D eigenvalue weighted by molar-refractivity contribution is -0.279. The maximum absolute atomic E-state index is 9.03. The molecule has 0 saturated carbocycles.